The van der Waals surface area contributed by atoms with E-state index in [0.29, 0.717) is 25.7 Å². The molecule has 1 rings (SSSR count). The fraction of sp³-hybridized carbons (Fsp3) is 1.00. The highest BCUT2D eigenvalue weighted by atomic mass is 32.2. The Kier molecular flexibility index (Phi) is 5.37. The third-order valence-corrected chi connectivity index (χ3v) is 5.36. The Bertz CT molecular complexity index is 330. The molecule has 1 heterocycles. The van der Waals surface area contributed by atoms with Crippen LogP contribution in [0.2, 0.25) is 0 Å². The van der Waals surface area contributed by atoms with Gasteiger partial charge in [0.25, 0.3) is 0 Å². The van der Waals surface area contributed by atoms with E-state index in [4.69, 9.17) is 4.74 Å². The zero-order chi connectivity index (χ0) is 13.1. The minimum atomic E-state index is -3.19. The van der Waals surface area contributed by atoms with Crippen molar-refractivity contribution in [2.45, 2.75) is 44.6 Å². The molecule has 1 aliphatic heterocycles. The summed E-state index contributed by atoms with van der Waals surface area (Å²) in [6, 6.07) is 0.304. The van der Waals surface area contributed by atoms with Crippen molar-refractivity contribution >= 4 is 10.0 Å². The fourth-order valence-electron chi connectivity index (χ4n) is 1.88. The molecule has 1 N–H and O–H groups in total. The summed E-state index contributed by atoms with van der Waals surface area (Å²) in [6.07, 6.45) is 0.843. The number of rotatable bonds is 6. The molecular formula is C11H24N2O3S. The maximum Gasteiger partial charge on any atom is 0.218 e. The molecule has 6 heteroatoms. The van der Waals surface area contributed by atoms with Gasteiger partial charge in [-0.1, -0.05) is 13.8 Å². The average molecular weight is 264 g/mol. The second-order valence-corrected chi connectivity index (χ2v) is 7.27. The number of hydrogen-bond acceptors (Lipinski definition) is 4. The number of methoxy groups -OCH3 is 1. The lowest BCUT2D eigenvalue weighted by Gasteiger charge is -2.22. The standard InChI is InChI=1S/C11H24N2O3S/c1-9(2)12-7-10(3)17(14,15)13-6-5-11(8-13)16-4/h9-12H,5-8H2,1-4H3. The minimum Gasteiger partial charge on any atom is -0.380 e. The molecule has 1 fully saturated rings. The summed E-state index contributed by atoms with van der Waals surface area (Å²) < 4.78 is 31.2. The van der Waals surface area contributed by atoms with Gasteiger partial charge in [-0.05, 0) is 13.3 Å². The van der Waals surface area contributed by atoms with Crippen LogP contribution in [0.3, 0.4) is 0 Å². The fourth-order valence-corrected chi connectivity index (χ4v) is 3.43. The molecule has 0 radical (unpaired) electrons. The summed E-state index contributed by atoms with van der Waals surface area (Å²) in [5.74, 6) is 0. The summed E-state index contributed by atoms with van der Waals surface area (Å²) in [6.45, 7) is 7.34. The van der Waals surface area contributed by atoms with Gasteiger partial charge >= 0.3 is 0 Å². The zero-order valence-corrected chi connectivity index (χ0v) is 12.0. The molecule has 0 aliphatic carbocycles. The lowest BCUT2D eigenvalue weighted by Crippen LogP contribution is -2.42. The smallest absolute Gasteiger partial charge is 0.218 e. The van der Waals surface area contributed by atoms with Crippen LogP contribution in [0.1, 0.15) is 27.2 Å². The van der Waals surface area contributed by atoms with E-state index in [1.165, 1.54) is 0 Å². The van der Waals surface area contributed by atoms with Crippen molar-refractivity contribution < 1.29 is 13.2 Å². The predicted octanol–water partition coefficient (Wildman–Crippen LogP) is 0.423. The van der Waals surface area contributed by atoms with Crippen LogP contribution in [-0.4, -0.2) is 56.9 Å². The van der Waals surface area contributed by atoms with E-state index >= 15 is 0 Å². The van der Waals surface area contributed by atoms with E-state index in [1.807, 2.05) is 13.8 Å². The van der Waals surface area contributed by atoms with Gasteiger partial charge in [0, 0.05) is 32.8 Å². The van der Waals surface area contributed by atoms with Gasteiger partial charge in [0.05, 0.1) is 11.4 Å². The quantitative estimate of drug-likeness (QED) is 0.755. The summed E-state index contributed by atoms with van der Waals surface area (Å²) in [5.41, 5.74) is 0. The number of hydrogen-bond donors (Lipinski definition) is 1. The Morgan fingerprint density at radius 3 is 2.53 bits per heavy atom. The summed E-state index contributed by atoms with van der Waals surface area (Å²) in [4.78, 5) is 0. The zero-order valence-electron chi connectivity index (χ0n) is 11.1. The van der Waals surface area contributed by atoms with E-state index in [1.54, 1.807) is 18.3 Å². The highest BCUT2D eigenvalue weighted by Crippen LogP contribution is 2.18. The van der Waals surface area contributed by atoms with Gasteiger partial charge in [0.2, 0.25) is 10.0 Å². The van der Waals surface area contributed by atoms with Gasteiger partial charge in [-0.15, -0.1) is 0 Å². The molecule has 0 spiro atoms. The lowest BCUT2D eigenvalue weighted by atomic mass is 10.3. The molecule has 2 atom stereocenters. The maximum atomic E-state index is 12.2. The van der Waals surface area contributed by atoms with Crippen LogP contribution < -0.4 is 5.32 Å². The van der Waals surface area contributed by atoms with Crippen molar-refractivity contribution in [3.8, 4) is 0 Å². The normalized spacial score (nSPS) is 24.4. The highest BCUT2D eigenvalue weighted by Gasteiger charge is 2.34. The van der Waals surface area contributed by atoms with Gasteiger partial charge in [0.1, 0.15) is 0 Å². The Morgan fingerprint density at radius 2 is 2.06 bits per heavy atom. The molecule has 0 saturated carbocycles. The van der Waals surface area contributed by atoms with Crippen LogP contribution in [0.4, 0.5) is 0 Å². The van der Waals surface area contributed by atoms with Crippen LogP contribution in [0.5, 0.6) is 0 Å². The Balaban J connectivity index is 2.56. The van der Waals surface area contributed by atoms with Crippen molar-refractivity contribution in [2.75, 3.05) is 26.7 Å². The Morgan fingerprint density at radius 1 is 1.41 bits per heavy atom. The molecule has 102 valence electrons. The number of sulfonamides is 1. The average Bonchev–Trinajstić information content (AvgIpc) is 2.74. The van der Waals surface area contributed by atoms with E-state index in [-0.39, 0.29) is 11.4 Å². The molecule has 1 aliphatic rings. The van der Waals surface area contributed by atoms with Crippen molar-refractivity contribution in [1.29, 1.82) is 0 Å². The SMILES string of the molecule is COC1CCN(S(=O)(=O)C(C)CNC(C)C)C1. The number of nitrogens with zero attached hydrogens (tertiary/aromatic N) is 1. The van der Waals surface area contributed by atoms with Crippen LogP contribution in [0, 0.1) is 0 Å². The van der Waals surface area contributed by atoms with Crippen molar-refractivity contribution in [3.63, 3.8) is 0 Å². The minimum absolute atomic E-state index is 0.0510. The first-order chi connectivity index (χ1) is 7.87. The van der Waals surface area contributed by atoms with E-state index in [9.17, 15) is 8.42 Å². The molecule has 0 amide bonds. The van der Waals surface area contributed by atoms with Crippen molar-refractivity contribution in [3.05, 3.63) is 0 Å². The summed E-state index contributed by atoms with van der Waals surface area (Å²) in [5, 5.41) is 2.77. The Hall–Kier alpha value is -0.170. The Labute approximate surface area is 105 Å². The molecule has 0 aromatic rings. The van der Waals surface area contributed by atoms with Crippen molar-refractivity contribution in [1.82, 2.24) is 9.62 Å². The van der Waals surface area contributed by atoms with Crippen LogP contribution >= 0.6 is 0 Å². The maximum absolute atomic E-state index is 12.2. The van der Waals surface area contributed by atoms with Gasteiger partial charge < -0.3 is 10.1 Å². The first-order valence-electron chi connectivity index (χ1n) is 6.13. The van der Waals surface area contributed by atoms with Gasteiger partial charge in [-0.2, -0.15) is 4.31 Å². The first kappa shape index (κ1) is 14.9. The lowest BCUT2D eigenvalue weighted by molar-refractivity contribution is 0.115. The van der Waals surface area contributed by atoms with E-state index in [0.717, 1.165) is 6.42 Å². The number of ether oxygens (including phenoxy) is 1. The predicted molar refractivity (Wildman–Crippen MR) is 68.5 cm³/mol. The summed E-state index contributed by atoms with van der Waals surface area (Å²) in [7, 11) is -1.56. The monoisotopic (exact) mass is 264 g/mol. The molecule has 5 nitrogen and oxygen atoms in total. The van der Waals surface area contributed by atoms with Crippen molar-refractivity contribution in [2.24, 2.45) is 0 Å². The second kappa shape index (κ2) is 6.13. The first-order valence-corrected chi connectivity index (χ1v) is 7.63. The van der Waals surface area contributed by atoms with Crippen LogP contribution in [-0.2, 0) is 14.8 Å². The molecule has 17 heavy (non-hydrogen) atoms. The number of nitrogens with one attached hydrogen (secondary N) is 1. The largest absolute Gasteiger partial charge is 0.380 e. The van der Waals surface area contributed by atoms with Gasteiger partial charge in [0.15, 0.2) is 0 Å². The van der Waals surface area contributed by atoms with E-state index in [2.05, 4.69) is 5.32 Å². The third-order valence-electron chi connectivity index (χ3n) is 3.12. The molecule has 0 aromatic carbocycles. The van der Waals surface area contributed by atoms with Crippen LogP contribution in [0.15, 0.2) is 0 Å². The van der Waals surface area contributed by atoms with Crippen LogP contribution in [0.25, 0.3) is 0 Å². The molecule has 1 saturated heterocycles. The van der Waals surface area contributed by atoms with Gasteiger partial charge in [-0.25, -0.2) is 8.42 Å². The molecule has 0 bridgehead atoms. The highest BCUT2D eigenvalue weighted by molar-refractivity contribution is 7.89. The van der Waals surface area contributed by atoms with Gasteiger partial charge in [-0.3, -0.25) is 0 Å². The second-order valence-electron chi connectivity index (χ2n) is 4.92. The molecule has 0 aromatic heterocycles. The van der Waals surface area contributed by atoms with E-state index < -0.39 is 10.0 Å². The summed E-state index contributed by atoms with van der Waals surface area (Å²) >= 11 is 0. The third kappa shape index (κ3) is 3.91. The molecular weight excluding hydrogens is 240 g/mol. The molecule has 2 unspecified atom stereocenters. The topological polar surface area (TPSA) is 58.6 Å².